The number of aryl methyl sites for hydroxylation is 1. The van der Waals surface area contributed by atoms with E-state index in [0.29, 0.717) is 19.0 Å². The number of anilines is 2. The van der Waals surface area contributed by atoms with Gasteiger partial charge in [-0.05, 0) is 76.1 Å². The summed E-state index contributed by atoms with van der Waals surface area (Å²) in [6.07, 6.45) is 5.37. The molecule has 170 valence electrons. The highest BCUT2D eigenvalue weighted by molar-refractivity contribution is 6.30. The number of hydrogen-bond donors (Lipinski definition) is 0. The van der Waals surface area contributed by atoms with Crippen molar-refractivity contribution in [1.82, 2.24) is 14.9 Å². The molecule has 0 bridgehead atoms. The molecule has 2 aromatic rings. The lowest BCUT2D eigenvalue weighted by Gasteiger charge is -2.40. The Morgan fingerprint density at radius 1 is 1.22 bits per heavy atom. The number of hydrogen-bond acceptors (Lipinski definition) is 5. The highest BCUT2D eigenvalue weighted by Gasteiger charge is 2.47. The van der Waals surface area contributed by atoms with E-state index in [1.807, 2.05) is 31.7 Å². The van der Waals surface area contributed by atoms with Crippen molar-refractivity contribution in [2.24, 2.45) is 0 Å². The molecule has 0 saturated carbocycles. The number of amides is 1. The van der Waals surface area contributed by atoms with Gasteiger partial charge in [-0.15, -0.1) is 0 Å². The maximum absolute atomic E-state index is 12.6. The normalized spacial score (nSPS) is 21.6. The minimum absolute atomic E-state index is 0.0571. The number of likely N-dealkylation sites (tertiary alicyclic amines) is 1. The fourth-order valence-electron chi connectivity index (χ4n) is 5.54. The summed E-state index contributed by atoms with van der Waals surface area (Å²) in [5.74, 6) is 1.50. The molecule has 0 radical (unpaired) electrons. The van der Waals surface area contributed by atoms with Crippen LogP contribution in [0.2, 0.25) is 5.02 Å². The number of carbonyl (C=O) groups excluding carboxylic acids is 1. The Morgan fingerprint density at radius 3 is 2.69 bits per heavy atom. The Kier molecular flexibility index (Phi) is 5.12. The Morgan fingerprint density at radius 2 is 1.97 bits per heavy atom. The number of ether oxygens (including phenoxy) is 1. The first-order valence-corrected chi connectivity index (χ1v) is 11.9. The number of benzene rings is 1. The Balaban J connectivity index is 1.47. The van der Waals surface area contributed by atoms with Gasteiger partial charge in [0.05, 0.1) is 0 Å². The van der Waals surface area contributed by atoms with E-state index in [2.05, 4.69) is 28.9 Å². The second-order valence-corrected chi connectivity index (χ2v) is 10.9. The van der Waals surface area contributed by atoms with Crippen molar-refractivity contribution in [3.8, 4) is 0 Å². The van der Waals surface area contributed by atoms with Crippen LogP contribution in [0.15, 0.2) is 24.5 Å². The lowest BCUT2D eigenvalue weighted by Crippen LogP contribution is -2.48. The van der Waals surface area contributed by atoms with E-state index in [0.717, 1.165) is 43.1 Å². The van der Waals surface area contributed by atoms with Crippen LogP contribution >= 0.6 is 11.6 Å². The third-order valence-electron chi connectivity index (χ3n) is 7.16. The van der Waals surface area contributed by atoms with Crippen molar-refractivity contribution in [2.45, 2.75) is 70.3 Å². The van der Waals surface area contributed by atoms with Crippen LogP contribution in [0.3, 0.4) is 0 Å². The van der Waals surface area contributed by atoms with Crippen LogP contribution in [0, 0.1) is 0 Å². The van der Waals surface area contributed by atoms with E-state index in [-0.39, 0.29) is 11.5 Å². The molecule has 1 fully saturated rings. The van der Waals surface area contributed by atoms with Gasteiger partial charge in [-0.3, -0.25) is 0 Å². The monoisotopic (exact) mass is 454 g/mol. The van der Waals surface area contributed by atoms with E-state index in [1.165, 1.54) is 22.5 Å². The Labute approximate surface area is 194 Å². The largest absolute Gasteiger partial charge is 0.444 e. The Bertz CT molecular complexity index is 1060. The molecule has 6 nitrogen and oxygen atoms in total. The molecule has 1 atom stereocenters. The molecule has 1 amide bonds. The standard InChI is InChI=1S/C25H31ClN4O2/c1-16-5-7-19-21(16)22(28-15-27-19)30-14-25(18-13-17(26)6-8-20(18)30)9-11-29(12-10-25)23(31)32-24(2,3)4/h6,8,13,15-16H,5,7,9-12,14H2,1-4H3. The maximum atomic E-state index is 12.6. The van der Waals surface area contributed by atoms with Gasteiger partial charge in [0.25, 0.3) is 0 Å². The summed E-state index contributed by atoms with van der Waals surface area (Å²) in [6.45, 7) is 10.2. The van der Waals surface area contributed by atoms with Crippen molar-refractivity contribution in [3.63, 3.8) is 0 Å². The average Bonchev–Trinajstić information content (AvgIpc) is 3.26. The lowest BCUT2D eigenvalue weighted by atomic mass is 9.74. The predicted octanol–water partition coefficient (Wildman–Crippen LogP) is 5.60. The van der Waals surface area contributed by atoms with Gasteiger partial charge >= 0.3 is 6.09 Å². The molecule has 5 rings (SSSR count). The Hall–Kier alpha value is -2.34. The zero-order chi connectivity index (χ0) is 22.7. The van der Waals surface area contributed by atoms with Crippen molar-refractivity contribution in [3.05, 3.63) is 46.4 Å². The van der Waals surface area contributed by atoms with Crippen LogP contribution in [-0.4, -0.2) is 46.2 Å². The molecule has 1 unspecified atom stereocenters. The summed E-state index contributed by atoms with van der Waals surface area (Å²) >= 11 is 6.46. The van der Waals surface area contributed by atoms with Gasteiger partial charge in [-0.25, -0.2) is 14.8 Å². The third-order valence-corrected chi connectivity index (χ3v) is 7.40. The first kappa shape index (κ1) is 21.5. The topological polar surface area (TPSA) is 58.6 Å². The van der Waals surface area contributed by atoms with Crippen molar-refractivity contribution < 1.29 is 9.53 Å². The molecule has 1 aromatic carbocycles. The second-order valence-electron chi connectivity index (χ2n) is 10.5. The van der Waals surface area contributed by atoms with Gasteiger partial charge in [0, 0.05) is 47.0 Å². The van der Waals surface area contributed by atoms with Crippen LogP contribution in [0.1, 0.15) is 69.7 Å². The van der Waals surface area contributed by atoms with Crippen molar-refractivity contribution >= 4 is 29.2 Å². The summed E-state index contributed by atoms with van der Waals surface area (Å²) < 4.78 is 5.61. The predicted molar refractivity (Wildman–Crippen MR) is 126 cm³/mol. The highest BCUT2D eigenvalue weighted by atomic mass is 35.5. The van der Waals surface area contributed by atoms with Gasteiger partial charge in [0.15, 0.2) is 0 Å². The van der Waals surface area contributed by atoms with E-state index in [4.69, 9.17) is 21.3 Å². The third kappa shape index (κ3) is 3.62. The number of aromatic nitrogens is 2. The number of piperidine rings is 1. The molecule has 7 heteroatoms. The van der Waals surface area contributed by atoms with Gasteiger partial charge in [0.1, 0.15) is 17.7 Å². The van der Waals surface area contributed by atoms with E-state index in [9.17, 15) is 4.79 Å². The van der Waals surface area contributed by atoms with E-state index < -0.39 is 5.60 Å². The summed E-state index contributed by atoms with van der Waals surface area (Å²) in [5, 5.41) is 0.751. The lowest BCUT2D eigenvalue weighted by molar-refractivity contribution is 0.0171. The number of fused-ring (bicyclic) bond motifs is 3. The molecule has 3 aliphatic rings. The van der Waals surface area contributed by atoms with Crippen LogP contribution in [0.5, 0.6) is 0 Å². The molecular formula is C25H31ClN4O2. The summed E-state index contributed by atoms with van der Waals surface area (Å²) in [5.41, 5.74) is 4.38. The second kappa shape index (κ2) is 7.62. The molecule has 1 aliphatic carbocycles. The zero-order valence-corrected chi connectivity index (χ0v) is 20.1. The number of halogens is 1. The number of nitrogens with zero attached hydrogens (tertiary/aromatic N) is 4. The van der Waals surface area contributed by atoms with Gasteiger partial charge in [0.2, 0.25) is 0 Å². The fourth-order valence-corrected chi connectivity index (χ4v) is 5.71. The molecular weight excluding hydrogens is 424 g/mol. The van der Waals surface area contributed by atoms with Crippen molar-refractivity contribution in [1.29, 1.82) is 0 Å². The SMILES string of the molecule is CC1CCc2ncnc(N3CC4(CCN(C(=O)OC(C)(C)C)CC4)c4cc(Cl)ccc43)c21. The van der Waals surface area contributed by atoms with Crippen LogP contribution < -0.4 is 4.90 Å². The van der Waals surface area contributed by atoms with E-state index in [1.54, 1.807) is 6.33 Å². The zero-order valence-electron chi connectivity index (χ0n) is 19.3. The highest BCUT2D eigenvalue weighted by Crippen LogP contribution is 2.52. The quantitative estimate of drug-likeness (QED) is 0.561. The minimum atomic E-state index is -0.486. The maximum Gasteiger partial charge on any atom is 0.410 e. The molecule has 3 heterocycles. The first-order valence-electron chi connectivity index (χ1n) is 11.6. The van der Waals surface area contributed by atoms with Gasteiger partial charge in [-0.2, -0.15) is 0 Å². The first-order chi connectivity index (χ1) is 15.2. The van der Waals surface area contributed by atoms with Crippen LogP contribution in [0.25, 0.3) is 0 Å². The number of rotatable bonds is 1. The van der Waals surface area contributed by atoms with E-state index >= 15 is 0 Å². The minimum Gasteiger partial charge on any atom is -0.444 e. The van der Waals surface area contributed by atoms with Crippen LogP contribution in [-0.2, 0) is 16.6 Å². The molecule has 1 saturated heterocycles. The molecule has 2 aliphatic heterocycles. The van der Waals surface area contributed by atoms with Crippen molar-refractivity contribution in [2.75, 3.05) is 24.5 Å². The smallest absolute Gasteiger partial charge is 0.410 e. The summed E-state index contributed by atoms with van der Waals surface area (Å²) in [7, 11) is 0. The molecule has 0 N–H and O–H groups in total. The summed E-state index contributed by atoms with van der Waals surface area (Å²) in [6, 6.07) is 6.21. The van der Waals surface area contributed by atoms with Crippen LogP contribution in [0.4, 0.5) is 16.3 Å². The molecule has 1 spiro atoms. The van der Waals surface area contributed by atoms with Gasteiger partial charge in [-0.1, -0.05) is 18.5 Å². The van der Waals surface area contributed by atoms with Gasteiger partial charge < -0.3 is 14.5 Å². The number of carbonyl (C=O) groups is 1. The molecule has 1 aromatic heterocycles. The molecule has 32 heavy (non-hydrogen) atoms. The summed E-state index contributed by atoms with van der Waals surface area (Å²) in [4.78, 5) is 26.2. The fraction of sp³-hybridized carbons (Fsp3) is 0.560. The average molecular weight is 455 g/mol.